The Morgan fingerprint density at radius 3 is 1.93 bits per heavy atom. The second-order valence-electron chi connectivity index (χ2n) is 31.0. The Hall–Kier alpha value is -11.7. The first-order chi connectivity index (χ1) is 57.1. The number of nitrogens with zero attached hydrogens (tertiary/aromatic N) is 6. The number of carboxylic acids is 2. The predicted molar refractivity (Wildman–Crippen MR) is 444 cm³/mol. The number of carbonyl (C=O) groups is 6. The van der Waals surface area contributed by atoms with Crippen LogP contribution in [0.2, 0.25) is 0 Å². The van der Waals surface area contributed by atoms with Crippen LogP contribution in [0.25, 0.3) is 32.7 Å². The van der Waals surface area contributed by atoms with Crippen molar-refractivity contribution in [3.8, 4) is 5.75 Å². The topological polar surface area (TPSA) is 513 Å². The van der Waals surface area contributed by atoms with E-state index >= 15 is 0 Å². The fraction of sp³-hybridized carbons (Fsp3) is 0.354. The number of amides is 4. The molecule has 648 valence electrons. The Morgan fingerprint density at radius 2 is 1.31 bits per heavy atom. The van der Waals surface area contributed by atoms with Gasteiger partial charge in [0.25, 0.3) is 51.9 Å². The Labute approximate surface area is 698 Å². The van der Waals surface area contributed by atoms with Crippen LogP contribution in [0.15, 0.2) is 177 Å². The molecule has 0 spiro atoms. The van der Waals surface area contributed by atoms with Crippen molar-refractivity contribution in [2.24, 2.45) is 0 Å². The van der Waals surface area contributed by atoms with Gasteiger partial charge in [0, 0.05) is 78.1 Å². The van der Waals surface area contributed by atoms with Gasteiger partial charge in [-0.25, -0.2) is 19.6 Å². The number of hydrogen-bond acceptors (Lipinski definition) is 21. The number of nitrogens with one attached hydrogen (secondary N) is 4. The average molecular weight is 1770 g/mol. The van der Waals surface area contributed by atoms with Gasteiger partial charge in [-0.2, -0.15) is 56.4 Å². The number of aryl methyl sites for hydroxylation is 1. The molecule has 6 aromatic carbocycles. The highest BCUT2D eigenvalue weighted by Crippen LogP contribution is 2.52. The number of nitrogen functional groups attached to an aromatic ring is 1. The van der Waals surface area contributed by atoms with Gasteiger partial charge in [-0.15, -0.1) is 0 Å². The van der Waals surface area contributed by atoms with Gasteiger partial charge >= 0.3 is 24.0 Å². The number of benzene rings is 6. The highest BCUT2D eigenvalue weighted by molar-refractivity contribution is 7.87. The molecule has 8 aromatic rings. The maximum absolute atomic E-state index is 13.9. The third-order valence-corrected chi connectivity index (χ3v) is 26.0. The first kappa shape index (κ1) is 91.1. The number of carboxylic acid groups (broad SMARTS) is 2. The quantitative estimate of drug-likeness (QED) is 0.0101. The van der Waals surface area contributed by atoms with Gasteiger partial charge in [0.15, 0.2) is 23.4 Å². The molecule has 122 heavy (non-hydrogen) atoms. The normalized spacial score (nSPS) is 16.6. The summed E-state index contributed by atoms with van der Waals surface area (Å²) in [4.78, 5) is 105. The number of rotatable bonds is 34. The number of aliphatic carboxylic acids is 2. The summed E-state index contributed by atoms with van der Waals surface area (Å²) < 4.78 is 190. The van der Waals surface area contributed by atoms with E-state index in [-0.39, 0.29) is 114 Å². The molecule has 0 saturated carbocycles. The number of unbranched alkanes of at least 4 members (excludes halogenated alkanes) is 1. The van der Waals surface area contributed by atoms with Crippen LogP contribution < -0.4 is 41.8 Å². The number of H-pyrrole nitrogens is 1. The number of aromatic nitrogens is 4. The van der Waals surface area contributed by atoms with Gasteiger partial charge < -0.3 is 41.5 Å². The second kappa shape index (κ2) is 36.2. The van der Waals surface area contributed by atoms with Crippen LogP contribution in [-0.4, -0.2) is 176 Å². The molecule has 3 aliphatic rings. The van der Waals surface area contributed by atoms with Crippen molar-refractivity contribution < 1.29 is 113 Å². The fourth-order valence-electron chi connectivity index (χ4n) is 15.2. The lowest BCUT2D eigenvalue weighted by Gasteiger charge is -2.28. The maximum Gasteiger partial charge on any atom is 0.471 e. The maximum atomic E-state index is 13.9. The summed E-state index contributed by atoms with van der Waals surface area (Å²) in [7, 11) is -18.1. The molecule has 40 heteroatoms. The number of alkyl halides is 3. The molecular formula is C82H89F3N11O22S4+. The lowest BCUT2D eigenvalue weighted by molar-refractivity contribution is -0.438. The molecule has 0 bridgehead atoms. The molecule has 4 amide bonds. The number of halogens is 3. The Bertz CT molecular complexity index is 6260. The van der Waals surface area contributed by atoms with Crippen molar-refractivity contribution >= 4 is 137 Å². The summed E-state index contributed by atoms with van der Waals surface area (Å²) in [6.07, 6.45) is 4.27. The Morgan fingerprint density at radius 1 is 0.697 bits per heavy atom. The van der Waals surface area contributed by atoms with E-state index in [9.17, 15) is 109 Å². The SMILES string of the molecule is CC(CCN1/C(=C/C=C2\CCCC(/C=C/C3=[N+](CCC(C)S(=O)(=O)O)c4ccc5cc(S(=O)(=O)O)ccc5c4C3(C)C)=C2Oc2ccc(CCC(=O)NCCCC[C@H](NC(=O)CC[C@H](NC(=O)c3ccc(N(Cc4cnc5nc(N)[nH]c(=O)c5n4)C(=O)C(F)(F)F)cc3)C(=O)O)C(=O)O)cc2)C(C)(C)c2c1ccc1cc(S(=O)(=O)O)ccc21)S(=O)(=O)O. The zero-order chi connectivity index (χ0) is 89.1. The third-order valence-electron chi connectivity index (χ3n) is 21.8. The van der Waals surface area contributed by atoms with E-state index < -0.39 is 140 Å². The first-order valence-corrected chi connectivity index (χ1v) is 44.4. The van der Waals surface area contributed by atoms with E-state index in [1.165, 1.54) is 38.1 Å². The number of ether oxygens (including phenoxy) is 1. The molecule has 1 aliphatic carbocycles. The van der Waals surface area contributed by atoms with Crippen molar-refractivity contribution in [1.29, 1.82) is 0 Å². The minimum Gasteiger partial charge on any atom is -0.480 e. The molecular weight excluding hydrogens is 1680 g/mol. The predicted octanol–water partition coefficient (Wildman–Crippen LogP) is 10.0. The Kier molecular flexibility index (Phi) is 27.0. The second-order valence-corrected chi connectivity index (χ2v) is 37.5. The number of carbonyl (C=O) groups excluding carboxylic acids is 4. The average Bonchev–Trinajstić information content (AvgIpc) is 1.57. The molecule has 2 unspecified atom stereocenters. The van der Waals surface area contributed by atoms with Crippen molar-refractivity contribution in [3.05, 3.63) is 201 Å². The van der Waals surface area contributed by atoms with Gasteiger partial charge in [0.1, 0.15) is 23.6 Å². The van der Waals surface area contributed by atoms with Crippen LogP contribution in [0.3, 0.4) is 0 Å². The molecule has 33 nitrogen and oxygen atoms in total. The standard InChI is InChI=1S/C82H88F3N11O22S4/c1-46(119(106,107)108)37-40-94-63-31-18-52-42-57(121(112,113)114)26-28-59(52)69(63)80(3,4)65(94)33-20-49-10-9-11-50(21-34-66-81(5,6)70-60-29-27-58(122(115,116)117)43-53(60)19-32-64(70)95(66)41-38-47(2)120(109,110)111)72(49)118-56-24-13-48(14-25-56)15-35-67(97)87-39-8-7-12-61(76(101)102)90-68(98)36-30-62(77(103)104)91-74(99)51-16-22-55(23-17-51)96(78(105)82(83,84)85)45-54-44-88-73-71(89-54)75(100)93-79(86)92-73/h13-14,16-29,31-34,42-44,46-47,61-62H,7-12,15,30,35-41,45H2,1-6H3,(H11-,86,87,88,90,91,92,93,97,98,99,100,101,102,103,104,106,107,108,109,110,111,112,113,114,115,116,117)/p+1/t46?,47?,61-,62-/m0/s1. The van der Waals surface area contributed by atoms with Crippen LogP contribution in [0.1, 0.15) is 145 Å². The van der Waals surface area contributed by atoms with Gasteiger partial charge in [-0.3, -0.25) is 52.1 Å². The highest BCUT2D eigenvalue weighted by atomic mass is 32.2. The van der Waals surface area contributed by atoms with Crippen LogP contribution in [-0.2, 0) is 88.2 Å². The molecule has 4 atom stereocenters. The minimum atomic E-state index is -5.41. The number of anilines is 3. The minimum absolute atomic E-state index is 0.0109. The number of fused-ring (bicyclic) bond motifs is 7. The zero-order valence-corrected chi connectivity index (χ0v) is 69.9. The molecule has 0 fully saturated rings. The van der Waals surface area contributed by atoms with Gasteiger partial charge in [0.2, 0.25) is 23.5 Å². The van der Waals surface area contributed by atoms with E-state index in [1.807, 2.05) is 61.5 Å². The molecule has 12 N–H and O–H groups in total. The monoisotopic (exact) mass is 1760 g/mol. The summed E-state index contributed by atoms with van der Waals surface area (Å²) >= 11 is 0. The van der Waals surface area contributed by atoms with Crippen molar-refractivity contribution in [2.75, 3.05) is 35.2 Å². The first-order valence-electron chi connectivity index (χ1n) is 38.5. The van der Waals surface area contributed by atoms with E-state index in [4.69, 9.17) is 10.5 Å². The number of aromatic amines is 1. The van der Waals surface area contributed by atoms with Crippen LogP contribution in [0.5, 0.6) is 5.75 Å². The molecule has 2 aliphatic heterocycles. The lowest BCUT2D eigenvalue weighted by atomic mass is 9.78. The van der Waals surface area contributed by atoms with Crippen LogP contribution >= 0.6 is 0 Å². The summed E-state index contributed by atoms with van der Waals surface area (Å²) in [5.41, 5.74) is 7.86. The van der Waals surface area contributed by atoms with E-state index in [0.717, 1.165) is 58.3 Å². The van der Waals surface area contributed by atoms with Crippen LogP contribution in [0, 0.1) is 0 Å². The van der Waals surface area contributed by atoms with Crippen molar-refractivity contribution in [3.63, 3.8) is 0 Å². The fourth-order valence-corrected chi connectivity index (χ4v) is 17.0. The van der Waals surface area contributed by atoms with Crippen molar-refractivity contribution in [2.45, 2.75) is 175 Å². The van der Waals surface area contributed by atoms with E-state index in [2.05, 4.69) is 35.9 Å². The summed E-state index contributed by atoms with van der Waals surface area (Å²) in [6.45, 7) is 10.1. The number of nitrogens with two attached hydrogens (primary N) is 1. The van der Waals surface area contributed by atoms with E-state index in [0.29, 0.717) is 75.1 Å². The highest BCUT2D eigenvalue weighted by Gasteiger charge is 2.48. The van der Waals surface area contributed by atoms with E-state index in [1.54, 1.807) is 60.7 Å². The zero-order valence-electron chi connectivity index (χ0n) is 66.6. The largest absolute Gasteiger partial charge is 0.480 e. The number of hydrogen-bond donors (Lipinski definition) is 11. The molecule has 4 heterocycles. The summed E-state index contributed by atoms with van der Waals surface area (Å²) in [5, 5.41) is 27.3. The summed E-state index contributed by atoms with van der Waals surface area (Å²) in [6, 6.07) is 23.3. The molecule has 0 saturated heterocycles. The lowest BCUT2D eigenvalue weighted by Crippen LogP contribution is -2.44. The van der Waals surface area contributed by atoms with Gasteiger partial charge in [-0.05, 0) is 214 Å². The van der Waals surface area contributed by atoms with Crippen molar-refractivity contribution in [1.82, 2.24) is 35.9 Å². The smallest absolute Gasteiger partial charge is 0.471 e. The van der Waals surface area contributed by atoms with Gasteiger partial charge in [0.05, 0.1) is 44.1 Å². The molecule has 0 radical (unpaired) electrons. The number of allylic oxidation sites excluding steroid dienone is 7. The summed E-state index contributed by atoms with van der Waals surface area (Å²) in [5.74, 6) is -7.08. The molecule has 11 rings (SSSR count). The molecule has 2 aromatic heterocycles. The van der Waals surface area contributed by atoms with Gasteiger partial charge in [-0.1, -0.05) is 50.3 Å². The third kappa shape index (κ3) is 21.1. The Balaban J connectivity index is 0.765. The van der Waals surface area contributed by atoms with Crippen LogP contribution in [0.4, 0.5) is 36.2 Å².